The highest BCUT2D eigenvalue weighted by Gasteiger charge is 2.22. The molecule has 174 valence electrons. The number of halogens is 1. The Morgan fingerprint density at radius 2 is 1.88 bits per heavy atom. The standard InChI is InChI=1S/C23H26IN5O3S/c1-14(2)17-11-16(24)9-10-18(17)25-20(31)13-33-23-28-27-21(29(23)3)19(12-30)26-22(32)15-7-5-4-6-8-15/h4-11,14,19,30H,12-13H2,1-3H3,(H,25,31)(H,26,32)/t19-/m1/s1. The summed E-state index contributed by atoms with van der Waals surface area (Å²) < 4.78 is 2.79. The Morgan fingerprint density at radius 1 is 1.15 bits per heavy atom. The van der Waals surface area contributed by atoms with E-state index in [1.807, 2.05) is 18.2 Å². The predicted molar refractivity (Wildman–Crippen MR) is 137 cm³/mol. The van der Waals surface area contributed by atoms with Crippen LogP contribution in [-0.4, -0.2) is 44.0 Å². The van der Waals surface area contributed by atoms with Gasteiger partial charge in [0.25, 0.3) is 5.91 Å². The first-order valence-corrected chi connectivity index (χ1v) is 12.4. The number of nitrogens with one attached hydrogen (secondary N) is 2. The second-order valence-corrected chi connectivity index (χ2v) is 9.89. The van der Waals surface area contributed by atoms with Crippen molar-refractivity contribution in [2.45, 2.75) is 31.0 Å². The summed E-state index contributed by atoms with van der Waals surface area (Å²) in [5.74, 6) is 0.374. The lowest BCUT2D eigenvalue weighted by atomic mass is 10.0. The summed E-state index contributed by atoms with van der Waals surface area (Å²) in [4.78, 5) is 25.0. The molecule has 1 aromatic heterocycles. The second-order valence-electron chi connectivity index (χ2n) is 7.70. The molecule has 3 N–H and O–H groups in total. The molecular formula is C23H26IN5O3S. The lowest BCUT2D eigenvalue weighted by Crippen LogP contribution is -2.32. The first kappa shape index (κ1) is 25.2. The SMILES string of the molecule is CC(C)c1cc(I)ccc1NC(=O)CSc1nnc([C@@H](CO)NC(=O)c2ccccc2)n1C. The highest BCUT2D eigenvalue weighted by atomic mass is 127. The minimum atomic E-state index is -0.723. The lowest BCUT2D eigenvalue weighted by Gasteiger charge is -2.16. The average molecular weight is 579 g/mol. The zero-order valence-corrected chi connectivity index (χ0v) is 21.6. The number of aliphatic hydroxyl groups excluding tert-OH is 1. The third-order valence-corrected chi connectivity index (χ3v) is 6.64. The highest BCUT2D eigenvalue weighted by molar-refractivity contribution is 14.1. The predicted octanol–water partition coefficient (Wildman–Crippen LogP) is 3.74. The van der Waals surface area contributed by atoms with Gasteiger partial charge in [-0.2, -0.15) is 0 Å². The summed E-state index contributed by atoms with van der Waals surface area (Å²) in [6, 6.07) is 14.0. The van der Waals surface area contributed by atoms with Crippen molar-refractivity contribution in [2.24, 2.45) is 7.05 Å². The first-order valence-electron chi connectivity index (χ1n) is 10.4. The summed E-state index contributed by atoms with van der Waals surface area (Å²) in [7, 11) is 1.74. The van der Waals surface area contributed by atoms with Gasteiger partial charge in [0.2, 0.25) is 5.91 Å². The van der Waals surface area contributed by atoms with Gasteiger partial charge in [-0.05, 0) is 64.4 Å². The molecule has 0 bridgehead atoms. The van der Waals surface area contributed by atoms with Crippen LogP contribution in [0.5, 0.6) is 0 Å². The molecule has 1 atom stereocenters. The zero-order chi connectivity index (χ0) is 24.0. The van der Waals surface area contributed by atoms with Crippen molar-refractivity contribution in [2.75, 3.05) is 17.7 Å². The molecule has 0 spiro atoms. The molecule has 1 heterocycles. The van der Waals surface area contributed by atoms with Crippen molar-refractivity contribution in [3.8, 4) is 0 Å². The fourth-order valence-corrected chi connectivity index (χ4v) is 4.45. The maximum Gasteiger partial charge on any atom is 0.251 e. The number of carbonyl (C=O) groups excluding carboxylic acids is 2. The molecule has 0 saturated heterocycles. The van der Waals surface area contributed by atoms with Crippen LogP contribution in [-0.2, 0) is 11.8 Å². The van der Waals surface area contributed by atoms with Crippen LogP contribution in [0.25, 0.3) is 0 Å². The van der Waals surface area contributed by atoms with Crippen LogP contribution in [0, 0.1) is 3.57 Å². The van der Waals surface area contributed by atoms with Crippen molar-refractivity contribution in [3.63, 3.8) is 0 Å². The molecule has 8 nitrogen and oxygen atoms in total. The summed E-state index contributed by atoms with van der Waals surface area (Å²) in [6.07, 6.45) is 0. The molecule has 0 unspecified atom stereocenters. The molecule has 3 rings (SSSR count). The number of rotatable bonds is 9. The maximum absolute atomic E-state index is 12.6. The number of aliphatic hydroxyl groups is 1. The van der Waals surface area contributed by atoms with Crippen molar-refractivity contribution in [1.82, 2.24) is 20.1 Å². The number of aromatic nitrogens is 3. The Hall–Kier alpha value is -2.44. The third-order valence-electron chi connectivity index (χ3n) is 4.95. The fourth-order valence-electron chi connectivity index (χ4n) is 3.22. The molecule has 2 amide bonds. The Balaban J connectivity index is 1.63. The van der Waals surface area contributed by atoms with E-state index in [1.165, 1.54) is 11.8 Å². The molecule has 3 aromatic rings. The van der Waals surface area contributed by atoms with Crippen molar-refractivity contribution >= 4 is 51.9 Å². The molecular weight excluding hydrogens is 553 g/mol. The van der Waals surface area contributed by atoms with E-state index in [0.717, 1.165) is 14.8 Å². The topological polar surface area (TPSA) is 109 Å². The van der Waals surface area contributed by atoms with Gasteiger partial charge in [-0.3, -0.25) is 9.59 Å². The monoisotopic (exact) mass is 579 g/mol. The molecule has 0 fully saturated rings. The molecule has 10 heteroatoms. The molecule has 2 aromatic carbocycles. The normalized spacial score (nSPS) is 11.9. The van der Waals surface area contributed by atoms with Gasteiger partial charge < -0.3 is 20.3 Å². The first-order chi connectivity index (χ1) is 15.8. The van der Waals surface area contributed by atoms with Crippen LogP contribution >= 0.6 is 34.4 Å². The summed E-state index contributed by atoms with van der Waals surface area (Å²) in [6.45, 7) is 3.84. The lowest BCUT2D eigenvalue weighted by molar-refractivity contribution is -0.113. The largest absolute Gasteiger partial charge is 0.394 e. The van der Waals surface area contributed by atoms with Crippen molar-refractivity contribution in [1.29, 1.82) is 0 Å². The molecule has 0 radical (unpaired) electrons. The zero-order valence-electron chi connectivity index (χ0n) is 18.6. The third kappa shape index (κ3) is 6.55. The van der Waals surface area contributed by atoms with Gasteiger partial charge in [-0.1, -0.05) is 43.8 Å². The van der Waals surface area contributed by atoms with E-state index in [1.54, 1.807) is 35.9 Å². The number of hydrogen-bond acceptors (Lipinski definition) is 6. The van der Waals surface area contributed by atoms with Gasteiger partial charge >= 0.3 is 0 Å². The number of amides is 2. The molecule has 33 heavy (non-hydrogen) atoms. The second kappa shape index (κ2) is 11.6. The smallest absolute Gasteiger partial charge is 0.251 e. The number of thioether (sulfide) groups is 1. The van der Waals surface area contributed by atoms with E-state index in [0.29, 0.717) is 16.5 Å². The van der Waals surface area contributed by atoms with Gasteiger partial charge in [0, 0.05) is 21.9 Å². The number of hydrogen-bond donors (Lipinski definition) is 3. The van der Waals surface area contributed by atoms with Crippen LogP contribution in [0.4, 0.5) is 5.69 Å². The van der Waals surface area contributed by atoms with Gasteiger partial charge in [-0.25, -0.2) is 0 Å². The van der Waals surface area contributed by atoms with Gasteiger partial charge in [0.1, 0.15) is 6.04 Å². The Labute approximate surface area is 210 Å². The number of nitrogens with zero attached hydrogens (tertiary/aromatic N) is 3. The van der Waals surface area contributed by atoms with Crippen molar-refractivity contribution < 1.29 is 14.7 Å². The van der Waals surface area contributed by atoms with E-state index in [2.05, 4.69) is 63.3 Å². The molecule has 0 saturated carbocycles. The number of carbonyl (C=O) groups is 2. The van der Waals surface area contributed by atoms with Crippen molar-refractivity contribution in [3.05, 3.63) is 69.1 Å². The number of anilines is 1. The van der Waals surface area contributed by atoms with Crippen LogP contribution in [0.2, 0.25) is 0 Å². The minimum absolute atomic E-state index is 0.148. The van der Waals surface area contributed by atoms with Crippen LogP contribution < -0.4 is 10.6 Å². The summed E-state index contributed by atoms with van der Waals surface area (Å²) in [5.41, 5.74) is 2.38. The van der Waals surface area contributed by atoms with Crippen LogP contribution in [0.3, 0.4) is 0 Å². The Morgan fingerprint density at radius 3 is 2.55 bits per heavy atom. The van der Waals surface area contributed by atoms with Gasteiger partial charge in [0.05, 0.1) is 12.4 Å². The summed E-state index contributed by atoms with van der Waals surface area (Å²) >= 11 is 3.50. The van der Waals surface area contributed by atoms with Crippen LogP contribution in [0.15, 0.2) is 53.7 Å². The van der Waals surface area contributed by atoms with Gasteiger partial charge in [0.15, 0.2) is 11.0 Å². The molecule has 0 aliphatic heterocycles. The Kier molecular flexibility index (Phi) is 8.87. The van der Waals surface area contributed by atoms with Crippen LogP contribution in [0.1, 0.15) is 47.6 Å². The number of benzene rings is 2. The quantitative estimate of drug-likeness (QED) is 0.263. The maximum atomic E-state index is 12.6. The van der Waals surface area contributed by atoms with E-state index in [9.17, 15) is 14.7 Å². The average Bonchev–Trinajstić information content (AvgIpc) is 3.17. The Bertz CT molecular complexity index is 1120. The van der Waals surface area contributed by atoms with Gasteiger partial charge in [-0.15, -0.1) is 10.2 Å². The highest BCUT2D eigenvalue weighted by Crippen LogP contribution is 2.27. The van der Waals surface area contributed by atoms with E-state index >= 15 is 0 Å². The molecule has 0 aliphatic rings. The van der Waals surface area contributed by atoms with E-state index in [4.69, 9.17) is 0 Å². The fraction of sp³-hybridized carbons (Fsp3) is 0.304. The van der Waals surface area contributed by atoms with E-state index in [-0.39, 0.29) is 30.1 Å². The molecule has 0 aliphatic carbocycles. The minimum Gasteiger partial charge on any atom is -0.394 e. The summed E-state index contributed by atoms with van der Waals surface area (Å²) in [5, 5.41) is 24.3. The van der Waals surface area contributed by atoms with E-state index < -0.39 is 6.04 Å².